The van der Waals surface area contributed by atoms with Crippen molar-refractivity contribution in [3.8, 4) is 0 Å². The van der Waals surface area contributed by atoms with Crippen molar-refractivity contribution < 1.29 is 9.59 Å². The van der Waals surface area contributed by atoms with E-state index < -0.39 is 0 Å². The molecule has 1 atom stereocenters. The molecule has 0 radical (unpaired) electrons. The number of carbonyl (C=O) groups excluding carboxylic acids is 2. The van der Waals surface area contributed by atoms with E-state index in [4.69, 9.17) is 0 Å². The second-order valence-corrected chi connectivity index (χ2v) is 6.93. The van der Waals surface area contributed by atoms with Gasteiger partial charge in [-0.3, -0.25) is 9.59 Å². The Morgan fingerprint density at radius 2 is 1.96 bits per heavy atom. The first-order valence-electron chi connectivity index (χ1n) is 8.55. The largest absolute Gasteiger partial charge is 0.372 e. The number of anilines is 2. The van der Waals surface area contributed by atoms with E-state index in [1.165, 1.54) is 6.42 Å². The van der Waals surface area contributed by atoms with Crippen LogP contribution in [0.5, 0.6) is 0 Å². The van der Waals surface area contributed by atoms with Gasteiger partial charge in [-0.25, -0.2) is 0 Å². The Hall–Kier alpha value is -2.04. The minimum atomic E-state index is -0.203. The fourth-order valence-electron chi connectivity index (χ4n) is 3.30. The van der Waals surface area contributed by atoms with Gasteiger partial charge in [0.1, 0.15) is 6.04 Å². The monoisotopic (exact) mass is 315 g/mol. The molecule has 0 spiro atoms. The Morgan fingerprint density at radius 1 is 1.22 bits per heavy atom. The number of hydrogen-bond acceptors (Lipinski definition) is 3. The lowest BCUT2D eigenvalue weighted by Gasteiger charge is -2.29. The SMILES string of the molecule is CC(C)CC1Nc2ccc(C(=O)N3CCCCC3)cc2NC1=O. The highest BCUT2D eigenvalue weighted by Gasteiger charge is 2.27. The molecule has 2 aliphatic heterocycles. The molecule has 0 bridgehead atoms. The fraction of sp³-hybridized carbons (Fsp3) is 0.556. The summed E-state index contributed by atoms with van der Waals surface area (Å²) in [5.41, 5.74) is 2.25. The maximum atomic E-state index is 12.6. The lowest BCUT2D eigenvalue weighted by molar-refractivity contribution is -0.117. The van der Waals surface area contributed by atoms with Crippen molar-refractivity contribution in [2.45, 2.75) is 45.6 Å². The Bertz CT molecular complexity index is 606. The Balaban J connectivity index is 1.76. The molecule has 23 heavy (non-hydrogen) atoms. The molecule has 0 saturated carbocycles. The molecule has 3 rings (SSSR count). The van der Waals surface area contributed by atoms with Gasteiger partial charge in [-0.05, 0) is 49.8 Å². The minimum absolute atomic E-state index is 0.0197. The molecule has 0 aromatic heterocycles. The van der Waals surface area contributed by atoms with Gasteiger partial charge in [-0.15, -0.1) is 0 Å². The van der Waals surface area contributed by atoms with E-state index in [0.29, 0.717) is 17.2 Å². The van der Waals surface area contributed by atoms with Gasteiger partial charge >= 0.3 is 0 Å². The van der Waals surface area contributed by atoms with Gasteiger partial charge in [0.25, 0.3) is 5.91 Å². The number of fused-ring (bicyclic) bond motifs is 1. The maximum absolute atomic E-state index is 12.6. The second kappa shape index (κ2) is 6.60. The second-order valence-electron chi connectivity index (χ2n) is 6.93. The van der Waals surface area contributed by atoms with Crippen molar-refractivity contribution in [2.75, 3.05) is 23.7 Å². The molecule has 1 unspecified atom stereocenters. The smallest absolute Gasteiger partial charge is 0.253 e. The van der Waals surface area contributed by atoms with Crippen molar-refractivity contribution in [1.29, 1.82) is 0 Å². The number of benzene rings is 1. The Labute approximate surface area is 137 Å². The molecule has 1 fully saturated rings. The molecular weight excluding hydrogens is 290 g/mol. The summed E-state index contributed by atoms with van der Waals surface area (Å²) in [6.07, 6.45) is 4.14. The standard InChI is InChI=1S/C18H25N3O2/c1-12(2)10-16-17(22)20-15-11-13(6-7-14(15)19-16)18(23)21-8-4-3-5-9-21/h6-7,11-12,16,19H,3-5,8-10H2,1-2H3,(H,20,22). The zero-order valence-corrected chi connectivity index (χ0v) is 13.9. The van der Waals surface area contributed by atoms with Crippen LogP contribution >= 0.6 is 0 Å². The third-order valence-electron chi connectivity index (χ3n) is 4.52. The number of likely N-dealkylation sites (tertiary alicyclic amines) is 1. The average molecular weight is 315 g/mol. The first kappa shape index (κ1) is 15.8. The zero-order valence-electron chi connectivity index (χ0n) is 13.9. The third-order valence-corrected chi connectivity index (χ3v) is 4.52. The van der Waals surface area contributed by atoms with Crippen LogP contribution in [0, 0.1) is 5.92 Å². The van der Waals surface area contributed by atoms with Crippen LogP contribution in [0.25, 0.3) is 0 Å². The van der Waals surface area contributed by atoms with Crippen LogP contribution in [0.3, 0.4) is 0 Å². The summed E-state index contributed by atoms with van der Waals surface area (Å²) in [7, 11) is 0. The van der Waals surface area contributed by atoms with Gasteiger partial charge in [-0.1, -0.05) is 13.8 Å². The topological polar surface area (TPSA) is 61.4 Å². The van der Waals surface area contributed by atoms with E-state index >= 15 is 0 Å². The van der Waals surface area contributed by atoms with E-state index in [-0.39, 0.29) is 17.9 Å². The van der Waals surface area contributed by atoms with E-state index in [2.05, 4.69) is 24.5 Å². The average Bonchev–Trinajstić information content (AvgIpc) is 2.55. The number of rotatable bonds is 3. The Kier molecular flexibility index (Phi) is 4.55. The number of amides is 2. The third kappa shape index (κ3) is 3.49. The van der Waals surface area contributed by atoms with Crippen molar-refractivity contribution in [3.63, 3.8) is 0 Å². The van der Waals surface area contributed by atoms with Gasteiger partial charge < -0.3 is 15.5 Å². The first-order chi connectivity index (χ1) is 11.0. The van der Waals surface area contributed by atoms with Crippen LogP contribution in [-0.4, -0.2) is 35.8 Å². The van der Waals surface area contributed by atoms with Crippen LogP contribution in [0.1, 0.15) is 49.9 Å². The predicted molar refractivity (Wildman–Crippen MR) is 91.7 cm³/mol. The van der Waals surface area contributed by atoms with E-state index in [9.17, 15) is 9.59 Å². The van der Waals surface area contributed by atoms with Crippen molar-refractivity contribution >= 4 is 23.2 Å². The molecule has 124 valence electrons. The van der Waals surface area contributed by atoms with E-state index in [1.54, 1.807) is 6.07 Å². The predicted octanol–water partition coefficient (Wildman–Crippen LogP) is 3.09. The molecule has 5 heteroatoms. The van der Waals surface area contributed by atoms with Crippen molar-refractivity contribution in [2.24, 2.45) is 5.92 Å². The van der Waals surface area contributed by atoms with Crippen LogP contribution < -0.4 is 10.6 Å². The van der Waals surface area contributed by atoms with Crippen LogP contribution in [-0.2, 0) is 4.79 Å². The van der Waals surface area contributed by atoms with Gasteiger partial charge in [0.15, 0.2) is 0 Å². The quantitative estimate of drug-likeness (QED) is 0.901. The molecule has 1 saturated heterocycles. The van der Waals surface area contributed by atoms with Gasteiger partial charge in [-0.2, -0.15) is 0 Å². The molecule has 2 amide bonds. The molecular formula is C18H25N3O2. The van der Waals surface area contributed by atoms with E-state index in [0.717, 1.165) is 38.0 Å². The molecule has 1 aromatic carbocycles. The number of nitrogens with one attached hydrogen (secondary N) is 2. The molecule has 2 N–H and O–H groups in total. The highest BCUT2D eigenvalue weighted by Crippen LogP contribution is 2.30. The van der Waals surface area contributed by atoms with Crippen LogP contribution in [0.15, 0.2) is 18.2 Å². The number of piperidine rings is 1. The normalized spacial score (nSPS) is 20.7. The number of hydrogen-bond donors (Lipinski definition) is 2. The number of nitrogens with zero attached hydrogens (tertiary/aromatic N) is 1. The van der Waals surface area contributed by atoms with Gasteiger partial charge in [0, 0.05) is 18.7 Å². The minimum Gasteiger partial charge on any atom is -0.372 e. The molecule has 2 heterocycles. The van der Waals surface area contributed by atoms with Crippen molar-refractivity contribution in [1.82, 2.24) is 4.90 Å². The van der Waals surface area contributed by atoms with E-state index in [1.807, 2.05) is 17.0 Å². The van der Waals surface area contributed by atoms with Gasteiger partial charge in [0.2, 0.25) is 5.91 Å². The summed E-state index contributed by atoms with van der Waals surface area (Å²) in [6, 6.07) is 5.35. The highest BCUT2D eigenvalue weighted by atomic mass is 16.2. The molecule has 0 aliphatic carbocycles. The summed E-state index contributed by atoms with van der Waals surface area (Å²) >= 11 is 0. The fourth-order valence-corrected chi connectivity index (χ4v) is 3.30. The summed E-state index contributed by atoms with van der Waals surface area (Å²) in [5, 5.41) is 6.23. The summed E-state index contributed by atoms with van der Waals surface area (Å²) in [6.45, 7) is 5.86. The molecule has 2 aliphatic rings. The summed E-state index contributed by atoms with van der Waals surface area (Å²) < 4.78 is 0. The van der Waals surface area contributed by atoms with Crippen LogP contribution in [0.4, 0.5) is 11.4 Å². The highest BCUT2D eigenvalue weighted by molar-refractivity contribution is 6.05. The lowest BCUT2D eigenvalue weighted by Crippen LogP contribution is -2.40. The summed E-state index contributed by atoms with van der Waals surface area (Å²) in [5.74, 6) is 0.486. The molecule has 1 aromatic rings. The first-order valence-corrected chi connectivity index (χ1v) is 8.55. The number of carbonyl (C=O) groups is 2. The van der Waals surface area contributed by atoms with Gasteiger partial charge in [0.05, 0.1) is 11.4 Å². The zero-order chi connectivity index (χ0) is 16.4. The van der Waals surface area contributed by atoms with Crippen LogP contribution in [0.2, 0.25) is 0 Å². The summed E-state index contributed by atoms with van der Waals surface area (Å²) in [4.78, 5) is 26.7. The lowest BCUT2D eigenvalue weighted by atomic mass is 10.00. The molecule has 5 nitrogen and oxygen atoms in total. The maximum Gasteiger partial charge on any atom is 0.253 e. The van der Waals surface area contributed by atoms with Crippen molar-refractivity contribution in [3.05, 3.63) is 23.8 Å². The Morgan fingerprint density at radius 3 is 2.65 bits per heavy atom.